The van der Waals surface area contributed by atoms with Gasteiger partial charge in [-0.05, 0) is 31.5 Å². The lowest BCUT2D eigenvalue weighted by Gasteiger charge is -2.24. The molecule has 2 N–H and O–H groups in total. The standard InChI is InChI=1S/C14H24N2O/c1-4-9-15-10-13-7-5-6-8-14(13)16(3)11-12(2)17/h5-8,12,15,17H,4,9-11H2,1-3H3. The number of anilines is 1. The molecule has 1 unspecified atom stereocenters. The number of likely N-dealkylation sites (N-methyl/N-ethyl adjacent to an activating group) is 1. The molecule has 0 aliphatic carbocycles. The van der Waals surface area contributed by atoms with Gasteiger partial charge in [0, 0.05) is 25.8 Å². The van der Waals surface area contributed by atoms with Crippen molar-refractivity contribution in [2.24, 2.45) is 0 Å². The molecular formula is C14H24N2O. The van der Waals surface area contributed by atoms with E-state index in [4.69, 9.17) is 0 Å². The van der Waals surface area contributed by atoms with Gasteiger partial charge in [0.05, 0.1) is 6.10 Å². The average molecular weight is 236 g/mol. The molecule has 1 atom stereocenters. The fourth-order valence-electron chi connectivity index (χ4n) is 1.93. The Hall–Kier alpha value is -1.06. The quantitative estimate of drug-likeness (QED) is 0.711. The lowest BCUT2D eigenvalue weighted by Crippen LogP contribution is -2.28. The van der Waals surface area contributed by atoms with Crippen LogP contribution in [0.2, 0.25) is 0 Å². The first-order valence-corrected chi connectivity index (χ1v) is 6.33. The van der Waals surface area contributed by atoms with Gasteiger partial charge in [0.2, 0.25) is 0 Å². The van der Waals surface area contributed by atoms with Crippen LogP contribution in [-0.4, -0.2) is 31.3 Å². The van der Waals surface area contributed by atoms with Crippen molar-refractivity contribution in [1.82, 2.24) is 5.32 Å². The number of hydrogen-bond acceptors (Lipinski definition) is 3. The average Bonchev–Trinajstić information content (AvgIpc) is 2.29. The fraction of sp³-hybridized carbons (Fsp3) is 0.571. The Bertz CT molecular complexity index is 326. The van der Waals surface area contributed by atoms with Gasteiger partial charge in [-0.25, -0.2) is 0 Å². The summed E-state index contributed by atoms with van der Waals surface area (Å²) < 4.78 is 0. The maximum absolute atomic E-state index is 9.43. The van der Waals surface area contributed by atoms with Gasteiger partial charge >= 0.3 is 0 Å². The Morgan fingerprint density at radius 1 is 1.35 bits per heavy atom. The van der Waals surface area contributed by atoms with Crippen LogP contribution < -0.4 is 10.2 Å². The van der Waals surface area contributed by atoms with E-state index in [1.165, 1.54) is 11.3 Å². The smallest absolute Gasteiger partial charge is 0.0686 e. The van der Waals surface area contributed by atoms with E-state index in [1.807, 2.05) is 20.0 Å². The molecule has 1 aromatic rings. The van der Waals surface area contributed by atoms with E-state index in [9.17, 15) is 5.11 Å². The largest absolute Gasteiger partial charge is 0.392 e. The Balaban J connectivity index is 2.69. The Morgan fingerprint density at radius 2 is 2.06 bits per heavy atom. The third-order valence-electron chi connectivity index (χ3n) is 2.68. The number of rotatable bonds is 7. The minimum Gasteiger partial charge on any atom is -0.392 e. The van der Waals surface area contributed by atoms with E-state index >= 15 is 0 Å². The molecule has 1 rings (SSSR count). The molecule has 0 spiro atoms. The normalized spacial score (nSPS) is 12.5. The zero-order chi connectivity index (χ0) is 12.7. The van der Waals surface area contributed by atoms with Crippen molar-refractivity contribution >= 4 is 5.69 Å². The number of nitrogens with zero attached hydrogens (tertiary/aromatic N) is 1. The van der Waals surface area contributed by atoms with Crippen molar-refractivity contribution in [1.29, 1.82) is 0 Å². The van der Waals surface area contributed by atoms with Gasteiger partial charge in [0.1, 0.15) is 0 Å². The maximum atomic E-state index is 9.43. The summed E-state index contributed by atoms with van der Waals surface area (Å²) in [4.78, 5) is 2.10. The third kappa shape index (κ3) is 4.75. The Kier molecular flexibility index (Phi) is 6.01. The van der Waals surface area contributed by atoms with Gasteiger partial charge in [-0.3, -0.25) is 0 Å². The highest BCUT2D eigenvalue weighted by molar-refractivity contribution is 5.53. The molecule has 0 heterocycles. The van der Waals surface area contributed by atoms with Crippen molar-refractivity contribution in [3.63, 3.8) is 0 Å². The van der Waals surface area contributed by atoms with Crippen LogP contribution in [0.5, 0.6) is 0 Å². The summed E-state index contributed by atoms with van der Waals surface area (Å²) in [6.45, 7) is 6.56. The molecule has 96 valence electrons. The molecule has 1 aromatic carbocycles. The molecule has 17 heavy (non-hydrogen) atoms. The summed E-state index contributed by atoms with van der Waals surface area (Å²) in [5, 5.41) is 12.8. The number of para-hydroxylation sites is 1. The van der Waals surface area contributed by atoms with Gasteiger partial charge in [-0.1, -0.05) is 25.1 Å². The lowest BCUT2D eigenvalue weighted by atomic mass is 10.1. The highest BCUT2D eigenvalue weighted by Crippen LogP contribution is 2.19. The zero-order valence-electron chi connectivity index (χ0n) is 11.1. The second kappa shape index (κ2) is 7.30. The van der Waals surface area contributed by atoms with Gasteiger partial charge in [0.25, 0.3) is 0 Å². The molecule has 0 aliphatic heterocycles. The highest BCUT2D eigenvalue weighted by Gasteiger charge is 2.08. The second-order valence-corrected chi connectivity index (χ2v) is 4.54. The molecule has 0 saturated carbocycles. The van der Waals surface area contributed by atoms with E-state index in [1.54, 1.807) is 0 Å². The van der Waals surface area contributed by atoms with Crippen molar-refractivity contribution in [3.05, 3.63) is 29.8 Å². The molecule has 3 heteroatoms. The van der Waals surface area contributed by atoms with E-state index < -0.39 is 0 Å². The zero-order valence-corrected chi connectivity index (χ0v) is 11.1. The number of hydrogen-bond donors (Lipinski definition) is 2. The van der Waals surface area contributed by atoms with Crippen LogP contribution in [0.15, 0.2) is 24.3 Å². The number of benzene rings is 1. The molecule has 0 bridgehead atoms. The molecular weight excluding hydrogens is 212 g/mol. The van der Waals surface area contributed by atoms with E-state index in [0.29, 0.717) is 6.54 Å². The summed E-state index contributed by atoms with van der Waals surface area (Å²) in [5.41, 5.74) is 2.47. The molecule has 0 aliphatic rings. The summed E-state index contributed by atoms with van der Waals surface area (Å²) in [5.74, 6) is 0. The summed E-state index contributed by atoms with van der Waals surface area (Å²) >= 11 is 0. The third-order valence-corrected chi connectivity index (χ3v) is 2.68. The maximum Gasteiger partial charge on any atom is 0.0686 e. The second-order valence-electron chi connectivity index (χ2n) is 4.54. The van der Waals surface area contributed by atoms with Crippen LogP contribution >= 0.6 is 0 Å². The molecule has 3 nitrogen and oxygen atoms in total. The number of aliphatic hydroxyl groups excluding tert-OH is 1. The van der Waals surface area contributed by atoms with E-state index in [-0.39, 0.29) is 6.10 Å². The number of nitrogens with one attached hydrogen (secondary N) is 1. The minimum atomic E-state index is -0.309. The van der Waals surface area contributed by atoms with Gasteiger partial charge in [0.15, 0.2) is 0 Å². The number of aliphatic hydroxyl groups is 1. The van der Waals surface area contributed by atoms with Crippen molar-refractivity contribution < 1.29 is 5.11 Å². The van der Waals surface area contributed by atoms with Crippen molar-refractivity contribution in [3.8, 4) is 0 Å². The van der Waals surface area contributed by atoms with Gasteiger partial charge in [-0.2, -0.15) is 0 Å². The van der Waals surface area contributed by atoms with Crippen LogP contribution in [0.1, 0.15) is 25.8 Å². The van der Waals surface area contributed by atoms with Crippen LogP contribution in [-0.2, 0) is 6.54 Å². The first-order valence-electron chi connectivity index (χ1n) is 6.33. The first kappa shape index (κ1) is 14.0. The van der Waals surface area contributed by atoms with Crippen LogP contribution in [0.25, 0.3) is 0 Å². The summed E-state index contributed by atoms with van der Waals surface area (Å²) in [6, 6.07) is 8.34. The topological polar surface area (TPSA) is 35.5 Å². The van der Waals surface area contributed by atoms with Gasteiger partial charge < -0.3 is 15.3 Å². The lowest BCUT2D eigenvalue weighted by molar-refractivity contribution is 0.201. The Labute approximate surface area is 104 Å². The van der Waals surface area contributed by atoms with E-state index in [2.05, 4.69) is 35.3 Å². The SMILES string of the molecule is CCCNCc1ccccc1N(C)CC(C)O. The molecule has 0 saturated heterocycles. The van der Waals surface area contributed by atoms with E-state index in [0.717, 1.165) is 19.5 Å². The summed E-state index contributed by atoms with van der Waals surface area (Å²) in [7, 11) is 2.02. The molecule has 0 aromatic heterocycles. The van der Waals surface area contributed by atoms with Crippen molar-refractivity contribution in [2.45, 2.75) is 32.9 Å². The Morgan fingerprint density at radius 3 is 2.71 bits per heavy atom. The molecule has 0 fully saturated rings. The minimum absolute atomic E-state index is 0.309. The van der Waals surface area contributed by atoms with Gasteiger partial charge in [-0.15, -0.1) is 0 Å². The fourth-order valence-corrected chi connectivity index (χ4v) is 1.93. The van der Waals surface area contributed by atoms with Crippen molar-refractivity contribution in [2.75, 3.05) is 25.0 Å². The summed E-state index contributed by atoms with van der Waals surface area (Å²) in [6.07, 6.45) is 0.836. The predicted molar refractivity (Wildman–Crippen MR) is 73.4 cm³/mol. The van der Waals surface area contributed by atoms with Crippen LogP contribution in [0, 0.1) is 0 Å². The first-order chi connectivity index (χ1) is 8.15. The molecule has 0 radical (unpaired) electrons. The monoisotopic (exact) mass is 236 g/mol. The van der Waals surface area contributed by atoms with Crippen LogP contribution in [0.3, 0.4) is 0 Å². The molecule has 0 amide bonds. The predicted octanol–water partition coefficient (Wildman–Crippen LogP) is 2.00. The van der Waals surface area contributed by atoms with Crippen LogP contribution in [0.4, 0.5) is 5.69 Å². The highest BCUT2D eigenvalue weighted by atomic mass is 16.3.